The number of rotatable bonds is 9. The molecule has 1 aromatic rings. The van der Waals surface area contributed by atoms with Crippen LogP contribution in [0.1, 0.15) is 44.6 Å². The summed E-state index contributed by atoms with van der Waals surface area (Å²) in [6.45, 7) is 8.61. The minimum Gasteiger partial charge on any atom is -0.493 e. The number of carbonyl (C=O) groups excluding carboxylic acids is 1. The van der Waals surface area contributed by atoms with Gasteiger partial charge < -0.3 is 24.0 Å². The van der Waals surface area contributed by atoms with Crippen LogP contribution in [0.15, 0.2) is 12.1 Å². The topological polar surface area (TPSA) is 54.5 Å². The van der Waals surface area contributed by atoms with Crippen molar-refractivity contribution < 1.29 is 19.0 Å². The summed E-state index contributed by atoms with van der Waals surface area (Å²) in [4.78, 5) is 19.5. The zero-order chi connectivity index (χ0) is 22.2. The van der Waals surface area contributed by atoms with E-state index < -0.39 is 0 Å². The standard InChI is InChI=1S/C24H39N3O4/c1-19(28)27(14-13-25-10-6-5-7-11-25)21-9-8-12-26(18-21)17-20-15-22(29-2)24(31-4)23(16-20)30-3/h15-16,21H,5-14,17-18H2,1-4H3. The Balaban J connectivity index is 1.64. The number of piperidine rings is 2. The first-order chi connectivity index (χ1) is 15.0. The van der Waals surface area contributed by atoms with Crippen LogP contribution in [0.5, 0.6) is 17.2 Å². The number of ether oxygens (including phenoxy) is 3. The minimum absolute atomic E-state index is 0.191. The highest BCUT2D eigenvalue weighted by molar-refractivity contribution is 5.73. The fourth-order valence-electron chi connectivity index (χ4n) is 4.94. The Bertz CT molecular complexity index is 696. The van der Waals surface area contributed by atoms with E-state index >= 15 is 0 Å². The highest BCUT2D eigenvalue weighted by atomic mass is 16.5. The number of likely N-dealkylation sites (tertiary alicyclic amines) is 2. The Kier molecular flexibility index (Phi) is 8.84. The van der Waals surface area contributed by atoms with Gasteiger partial charge in [0.05, 0.1) is 21.3 Å². The van der Waals surface area contributed by atoms with Crippen molar-refractivity contribution >= 4 is 5.91 Å². The second kappa shape index (κ2) is 11.6. The number of benzene rings is 1. The molecular weight excluding hydrogens is 394 g/mol. The number of methoxy groups -OCH3 is 3. The predicted octanol–water partition coefficient (Wildman–Crippen LogP) is 3.01. The lowest BCUT2D eigenvalue weighted by Gasteiger charge is -2.40. The zero-order valence-corrected chi connectivity index (χ0v) is 19.7. The molecule has 2 aliphatic rings. The van der Waals surface area contributed by atoms with Gasteiger partial charge in [-0.05, 0) is 63.0 Å². The molecule has 0 radical (unpaired) electrons. The van der Waals surface area contributed by atoms with E-state index in [0.717, 1.165) is 51.1 Å². The molecule has 0 aliphatic carbocycles. The molecule has 0 saturated carbocycles. The maximum absolute atomic E-state index is 12.5. The van der Waals surface area contributed by atoms with Crippen LogP contribution in [-0.4, -0.2) is 87.2 Å². The summed E-state index contributed by atoms with van der Waals surface area (Å²) in [6, 6.07) is 4.31. The van der Waals surface area contributed by atoms with Gasteiger partial charge in [-0.1, -0.05) is 6.42 Å². The third-order valence-corrected chi connectivity index (χ3v) is 6.56. The smallest absolute Gasteiger partial charge is 0.219 e. The van der Waals surface area contributed by atoms with Crippen molar-refractivity contribution in [2.45, 2.75) is 51.6 Å². The second-order valence-corrected chi connectivity index (χ2v) is 8.68. The van der Waals surface area contributed by atoms with Gasteiger partial charge in [-0.15, -0.1) is 0 Å². The van der Waals surface area contributed by atoms with Crippen LogP contribution < -0.4 is 14.2 Å². The van der Waals surface area contributed by atoms with E-state index in [1.165, 1.54) is 32.4 Å². The lowest BCUT2D eigenvalue weighted by Crippen LogP contribution is -2.51. The van der Waals surface area contributed by atoms with E-state index in [2.05, 4.69) is 14.7 Å². The molecular formula is C24H39N3O4. The second-order valence-electron chi connectivity index (χ2n) is 8.68. The van der Waals surface area contributed by atoms with Crippen molar-refractivity contribution in [2.24, 2.45) is 0 Å². The summed E-state index contributed by atoms with van der Waals surface area (Å²) in [5.41, 5.74) is 1.12. The van der Waals surface area contributed by atoms with E-state index in [0.29, 0.717) is 17.2 Å². The first-order valence-electron chi connectivity index (χ1n) is 11.6. The van der Waals surface area contributed by atoms with Gasteiger partial charge in [-0.2, -0.15) is 0 Å². The quantitative estimate of drug-likeness (QED) is 0.597. The molecule has 7 nitrogen and oxygen atoms in total. The van der Waals surface area contributed by atoms with Crippen LogP contribution in [0.25, 0.3) is 0 Å². The van der Waals surface area contributed by atoms with E-state index in [1.54, 1.807) is 28.3 Å². The predicted molar refractivity (Wildman–Crippen MR) is 122 cm³/mol. The minimum atomic E-state index is 0.191. The molecule has 0 bridgehead atoms. The van der Waals surface area contributed by atoms with Gasteiger partial charge in [-0.25, -0.2) is 0 Å². The number of hydrogen-bond acceptors (Lipinski definition) is 6. The normalized spacial score (nSPS) is 20.3. The molecule has 0 N–H and O–H groups in total. The molecule has 1 unspecified atom stereocenters. The van der Waals surface area contributed by atoms with Crippen LogP contribution in [0.3, 0.4) is 0 Å². The summed E-state index contributed by atoms with van der Waals surface area (Å²) < 4.78 is 16.5. The molecule has 2 heterocycles. The average molecular weight is 434 g/mol. The summed E-state index contributed by atoms with van der Waals surface area (Å²) in [7, 11) is 4.91. The van der Waals surface area contributed by atoms with Crippen molar-refractivity contribution in [1.29, 1.82) is 0 Å². The summed E-state index contributed by atoms with van der Waals surface area (Å²) in [6.07, 6.45) is 6.08. The lowest BCUT2D eigenvalue weighted by atomic mass is 10.0. The molecule has 2 fully saturated rings. The summed E-state index contributed by atoms with van der Waals surface area (Å²) >= 11 is 0. The number of amides is 1. The van der Waals surface area contributed by atoms with Crippen molar-refractivity contribution in [1.82, 2.24) is 14.7 Å². The fraction of sp³-hybridized carbons (Fsp3) is 0.708. The molecule has 2 saturated heterocycles. The van der Waals surface area contributed by atoms with Gasteiger partial charge >= 0.3 is 0 Å². The molecule has 1 atom stereocenters. The first-order valence-corrected chi connectivity index (χ1v) is 11.6. The molecule has 7 heteroatoms. The van der Waals surface area contributed by atoms with Gasteiger partial charge in [0.2, 0.25) is 11.7 Å². The Labute approximate surface area is 187 Å². The molecule has 1 aromatic carbocycles. The highest BCUT2D eigenvalue weighted by Gasteiger charge is 2.28. The molecule has 3 rings (SSSR count). The molecule has 0 aromatic heterocycles. The monoisotopic (exact) mass is 433 g/mol. The molecule has 31 heavy (non-hydrogen) atoms. The van der Waals surface area contributed by atoms with Crippen molar-refractivity contribution in [3.63, 3.8) is 0 Å². The number of carbonyl (C=O) groups is 1. The van der Waals surface area contributed by atoms with Crippen LogP contribution in [-0.2, 0) is 11.3 Å². The number of hydrogen-bond donors (Lipinski definition) is 0. The van der Waals surface area contributed by atoms with Gasteiger partial charge in [0.15, 0.2) is 11.5 Å². The maximum Gasteiger partial charge on any atom is 0.219 e. The van der Waals surface area contributed by atoms with Gasteiger partial charge in [-0.3, -0.25) is 9.69 Å². The van der Waals surface area contributed by atoms with Crippen molar-refractivity contribution in [2.75, 3.05) is 60.6 Å². The van der Waals surface area contributed by atoms with Crippen LogP contribution in [0.4, 0.5) is 0 Å². The molecule has 174 valence electrons. The fourth-order valence-corrected chi connectivity index (χ4v) is 4.94. The number of nitrogens with zero attached hydrogens (tertiary/aromatic N) is 3. The largest absolute Gasteiger partial charge is 0.493 e. The lowest BCUT2D eigenvalue weighted by molar-refractivity contribution is -0.132. The molecule has 0 spiro atoms. The Morgan fingerprint density at radius 3 is 2.19 bits per heavy atom. The highest BCUT2D eigenvalue weighted by Crippen LogP contribution is 2.38. The van der Waals surface area contributed by atoms with Crippen LogP contribution >= 0.6 is 0 Å². The van der Waals surface area contributed by atoms with Gasteiger partial charge in [0, 0.05) is 39.1 Å². The SMILES string of the molecule is COc1cc(CN2CCCC(N(CCN3CCCCC3)C(C)=O)C2)cc(OC)c1OC. The zero-order valence-electron chi connectivity index (χ0n) is 19.7. The Morgan fingerprint density at radius 1 is 0.968 bits per heavy atom. The average Bonchev–Trinajstić information content (AvgIpc) is 2.79. The summed E-state index contributed by atoms with van der Waals surface area (Å²) in [5, 5.41) is 0. The molecule has 2 aliphatic heterocycles. The van der Waals surface area contributed by atoms with Crippen LogP contribution in [0, 0.1) is 0 Å². The maximum atomic E-state index is 12.5. The van der Waals surface area contributed by atoms with E-state index in [-0.39, 0.29) is 11.9 Å². The van der Waals surface area contributed by atoms with Crippen molar-refractivity contribution in [3.05, 3.63) is 17.7 Å². The van der Waals surface area contributed by atoms with E-state index in [1.807, 2.05) is 12.1 Å². The van der Waals surface area contributed by atoms with E-state index in [4.69, 9.17) is 14.2 Å². The van der Waals surface area contributed by atoms with Gasteiger partial charge in [0.25, 0.3) is 0 Å². The third kappa shape index (κ3) is 6.26. The molecule has 1 amide bonds. The Hall–Kier alpha value is -1.99. The summed E-state index contributed by atoms with van der Waals surface area (Å²) in [5.74, 6) is 2.16. The first kappa shape index (κ1) is 23.7. The van der Waals surface area contributed by atoms with E-state index in [9.17, 15) is 4.79 Å². The van der Waals surface area contributed by atoms with Gasteiger partial charge in [0.1, 0.15) is 0 Å². The Morgan fingerprint density at radius 2 is 1.61 bits per heavy atom. The van der Waals surface area contributed by atoms with Crippen molar-refractivity contribution in [3.8, 4) is 17.2 Å². The van der Waals surface area contributed by atoms with Crippen LogP contribution in [0.2, 0.25) is 0 Å². The third-order valence-electron chi connectivity index (χ3n) is 6.56.